The van der Waals surface area contributed by atoms with Gasteiger partial charge in [0.25, 0.3) is 0 Å². The van der Waals surface area contributed by atoms with Gasteiger partial charge in [0.2, 0.25) is 0 Å². The molecular weight excluding hydrogens is 347 g/mol. The van der Waals surface area contributed by atoms with Gasteiger partial charge >= 0.3 is 5.97 Å². The molecule has 0 aliphatic carbocycles. The molecular formula is C17H17FN2O4S. The van der Waals surface area contributed by atoms with Crippen molar-refractivity contribution in [3.63, 3.8) is 0 Å². The third kappa shape index (κ3) is 5.75. The highest BCUT2D eigenvalue weighted by atomic mass is 32.1. The number of rotatable bonds is 7. The number of aromatic nitrogens is 2. The summed E-state index contributed by atoms with van der Waals surface area (Å²) in [5.74, 6) is -0.745. The molecule has 0 radical (unpaired) electrons. The molecule has 1 heterocycles. The fourth-order valence-electron chi connectivity index (χ4n) is 2.20. The number of carbonyl (C=O) groups excluding carboxylic acids is 2. The lowest BCUT2D eigenvalue weighted by atomic mass is 10.1. The number of ketones is 1. The molecule has 0 saturated carbocycles. The quantitative estimate of drug-likeness (QED) is 0.600. The standard InChI is InChI=1S/C17H17FN2O4S/c1-10(21)7-13(24-11(2)22)9-23-16-5-3-12(18)8-14(16)15-4-6-17(25)20-19-15/h3-6,8,13H,7,9H2,1-2H3,(H,20,25). The zero-order chi connectivity index (χ0) is 18.4. The number of H-pyrrole nitrogens is 1. The van der Waals surface area contributed by atoms with E-state index in [0.29, 0.717) is 21.6 Å². The number of Topliss-reactive ketones (excluding diaryl/α,β-unsaturated/α-hetero) is 1. The van der Waals surface area contributed by atoms with Crippen LogP contribution in [0.3, 0.4) is 0 Å². The van der Waals surface area contributed by atoms with Gasteiger partial charge < -0.3 is 9.47 Å². The van der Waals surface area contributed by atoms with Crippen molar-refractivity contribution in [2.75, 3.05) is 6.61 Å². The topological polar surface area (TPSA) is 81.3 Å². The first kappa shape index (κ1) is 18.7. The third-order valence-electron chi connectivity index (χ3n) is 3.17. The Hall–Kier alpha value is -2.61. The summed E-state index contributed by atoms with van der Waals surface area (Å²) in [5, 5.41) is 6.69. The molecule has 1 N–H and O–H groups in total. The first-order valence-corrected chi connectivity index (χ1v) is 7.91. The van der Waals surface area contributed by atoms with Crippen LogP contribution in [0.4, 0.5) is 4.39 Å². The second-order valence-corrected chi connectivity index (χ2v) is 5.84. The van der Waals surface area contributed by atoms with E-state index in [0.717, 1.165) is 0 Å². The number of hydrogen-bond donors (Lipinski definition) is 1. The summed E-state index contributed by atoms with van der Waals surface area (Å²) in [5.41, 5.74) is 0.856. The summed E-state index contributed by atoms with van der Waals surface area (Å²) >= 11 is 4.94. The number of benzene rings is 1. The highest BCUT2D eigenvalue weighted by Crippen LogP contribution is 2.29. The molecule has 1 aromatic heterocycles. The summed E-state index contributed by atoms with van der Waals surface area (Å²) in [6.45, 7) is 2.61. The van der Waals surface area contributed by atoms with Crippen molar-refractivity contribution >= 4 is 24.0 Å². The SMILES string of the molecule is CC(=O)CC(COc1ccc(F)cc1-c1ccc(=S)[nH]n1)OC(C)=O. The minimum absolute atomic E-state index is 0.0345. The largest absolute Gasteiger partial charge is 0.489 e. The van der Waals surface area contributed by atoms with Gasteiger partial charge in [0.15, 0.2) is 0 Å². The Morgan fingerprint density at radius 1 is 1.28 bits per heavy atom. The van der Waals surface area contributed by atoms with Gasteiger partial charge in [-0.25, -0.2) is 4.39 Å². The van der Waals surface area contributed by atoms with E-state index in [2.05, 4.69) is 10.2 Å². The molecule has 2 rings (SSSR count). The van der Waals surface area contributed by atoms with E-state index in [4.69, 9.17) is 21.7 Å². The Balaban J connectivity index is 2.23. The van der Waals surface area contributed by atoms with Crippen molar-refractivity contribution < 1.29 is 23.5 Å². The Kier molecular flexibility index (Phi) is 6.35. The number of halogens is 1. The number of hydrogen-bond acceptors (Lipinski definition) is 6. The van der Waals surface area contributed by atoms with E-state index in [1.54, 1.807) is 12.1 Å². The summed E-state index contributed by atoms with van der Waals surface area (Å²) < 4.78 is 24.8. The number of carbonyl (C=O) groups is 2. The fourth-order valence-corrected chi connectivity index (χ4v) is 2.31. The summed E-state index contributed by atoms with van der Waals surface area (Å²) in [7, 11) is 0. The maximum absolute atomic E-state index is 13.6. The molecule has 0 fully saturated rings. The van der Waals surface area contributed by atoms with E-state index in [9.17, 15) is 14.0 Å². The van der Waals surface area contributed by atoms with Crippen LogP contribution < -0.4 is 4.74 Å². The van der Waals surface area contributed by atoms with E-state index in [1.165, 1.54) is 32.0 Å². The minimum Gasteiger partial charge on any atom is -0.489 e. The van der Waals surface area contributed by atoms with Crippen LogP contribution in [0.15, 0.2) is 30.3 Å². The average molecular weight is 364 g/mol. The summed E-state index contributed by atoms with van der Waals surface area (Å²) in [6, 6.07) is 7.24. The lowest BCUT2D eigenvalue weighted by Gasteiger charge is -2.18. The first-order chi connectivity index (χ1) is 11.8. The van der Waals surface area contributed by atoms with E-state index in [1.807, 2.05) is 0 Å². The molecule has 0 bridgehead atoms. The van der Waals surface area contributed by atoms with Crippen molar-refractivity contribution in [1.82, 2.24) is 10.2 Å². The number of aromatic amines is 1. The van der Waals surface area contributed by atoms with Crippen molar-refractivity contribution in [1.29, 1.82) is 0 Å². The molecule has 1 aromatic carbocycles. The minimum atomic E-state index is -0.720. The lowest BCUT2D eigenvalue weighted by Crippen LogP contribution is -2.26. The normalized spacial score (nSPS) is 11.6. The Labute approximate surface area is 149 Å². The molecule has 25 heavy (non-hydrogen) atoms. The smallest absolute Gasteiger partial charge is 0.303 e. The molecule has 0 saturated heterocycles. The lowest BCUT2D eigenvalue weighted by molar-refractivity contribution is -0.149. The molecule has 0 aliphatic rings. The first-order valence-electron chi connectivity index (χ1n) is 7.50. The second-order valence-electron chi connectivity index (χ2n) is 5.40. The number of esters is 1. The van der Waals surface area contributed by atoms with Crippen molar-refractivity contribution in [3.05, 3.63) is 40.8 Å². The van der Waals surface area contributed by atoms with Gasteiger partial charge in [-0.15, -0.1) is 0 Å². The van der Waals surface area contributed by atoms with Crippen LogP contribution in [-0.2, 0) is 14.3 Å². The summed E-state index contributed by atoms with van der Waals surface area (Å²) in [6.07, 6.45) is -0.685. The molecule has 1 unspecified atom stereocenters. The van der Waals surface area contributed by atoms with Gasteiger partial charge in [0.05, 0.1) is 5.69 Å². The van der Waals surface area contributed by atoms with Crippen molar-refractivity contribution in [3.8, 4) is 17.0 Å². The molecule has 0 aliphatic heterocycles. The maximum Gasteiger partial charge on any atom is 0.303 e. The van der Waals surface area contributed by atoms with Gasteiger partial charge in [-0.1, -0.05) is 12.2 Å². The highest BCUT2D eigenvalue weighted by Gasteiger charge is 2.17. The monoisotopic (exact) mass is 364 g/mol. The zero-order valence-electron chi connectivity index (χ0n) is 13.7. The van der Waals surface area contributed by atoms with Crippen LogP contribution in [0.2, 0.25) is 0 Å². The maximum atomic E-state index is 13.6. The van der Waals surface area contributed by atoms with Crippen molar-refractivity contribution in [2.24, 2.45) is 0 Å². The molecule has 1 atom stereocenters. The van der Waals surface area contributed by atoms with Gasteiger partial charge in [0, 0.05) is 18.9 Å². The summed E-state index contributed by atoms with van der Waals surface area (Å²) in [4.78, 5) is 22.4. The average Bonchev–Trinajstić information content (AvgIpc) is 2.53. The van der Waals surface area contributed by atoms with Gasteiger partial charge in [0.1, 0.15) is 34.7 Å². The Morgan fingerprint density at radius 2 is 2.04 bits per heavy atom. The van der Waals surface area contributed by atoms with Crippen LogP contribution in [0.25, 0.3) is 11.3 Å². The predicted octanol–water partition coefficient (Wildman–Crippen LogP) is 3.23. The van der Waals surface area contributed by atoms with Gasteiger partial charge in [-0.05, 0) is 37.3 Å². The molecule has 2 aromatic rings. The van der Waals surface area contributed by atoms with Gasteiger partial charge in [-0.2, -0.15) is 5.10 Å². The van der Waals surface area contributed by atoms with Crippen LogP contribution in [0, 0.1) is 10.5 Å². The number of ether oxygens (including phenoxy) is 2. The van der Waals surface area contributed by atoms with Crippen LogP contribution in [0.1, 0.15) is 20.3 Å². The molecule has 0 spiro atoms. The second kappa shape index (κ2) is 8.48. The molecule has 8 heteroatoms. The number of nitrogens with zero attached hydrogens (tertiary/aromatic N) is 1. The fraction of sp³-hybridized carbons (Fsp3) is 0.294. The van der Waals surface area contributed by atoms with Crippen LogP contribution in [-0.4, -0.2) is 34.7 Å². The van der Waals surface area contributed by atoms with E-state index < -0.39 is 17.9 Å². The highest BCUT2D eigenvalue weighted by molar-refractivity contribution is 7.71. The van der Waals surface area contributed by atoms with E-state index >= 15 is 0 Å². The molecule has 132 valence electrons. The van der Waals surface area contributed by atoms with Crippen LogP contribution >= 0.6 is 12.2 Å². The number of nitrogens with one attached hydrogen (secondary N) is 1. The predicted molar refractivity (Wildman–Crippen MR) is 91.2 cm³/mol. The molecule has 0 amide bonds. The zero-order valence-corrected chi connectivity index (χ0v) is 14.6. The van der Waals surface area contributed by atoms with Gasteiger partial charge in [-0.3, -0.25) is 14.7 Å². The molecule has 6 nitrogen and oxygen atoms in total. The Morgan fingerprint density at radius 3 is 2.64 bits per heavy atom. The Bertz CT molecular complexity index is 801. The van der Waals surface area contributed by atoms with Crippen molar-refractivity contribution in [2.45, 2.75) is 26.4 Å². The van der Waals surface area contributed by atoms with Crippen LogP contribution in [0.5, 0.6) is 5.75 Å². The third-order valence-corrected chi connectivity index (χ3v) is 3.40. The van der Waals surface area contributed by atoms with E-state index in [-0.39, 0.29) is 18.8 Å².